The molecule has 0 fully saturated rings. The van der Waals surface area contributed by atoms with E-state index in [0.29, 0.717) is 23.5 Å². The van der Waals surface area contributed by atoms with E-state index in [0.717, 1.165) is 0 Å². The van der Waals surface area contributed by atoms with Crippen LogP contribution in [0.3, 0.4) is 0 Å². The molecule has 0 unspecified atom stereocenters. The van der Waals surface area contributed by atoms with Crippen LogP contribution in [0.1, 0.15) is 13.3 Å². The highest BCUT2D eigenvalue weighted by Crippen LogP contribution is 2.22. The van der Waals surface area contributed by atoms with Gasteiger partial charge in [-0.15, -0.1) is 6.42 Å². The van der Waals surface area contributed by atoms with Crippen LogP contribution in [0.4, 0.5) is 5.69 Å². The van der Waals surface area contributed by atoms with Crippen molar-refractivity contribution in [1.29, 1.82) is 0 Å². The fourth-order valence-corrected chi connectivity index (χ4v) is 2.93. The zero-order valence-corrected chi connectivity index (χ0v) is 10.0. The number of para-hydroxylation sites is 1. The molecule has 1 rings (SSSR count). The zero-order chi connectivity index (χ0) is 12.0. The Balaban J connectivity index is 3.09. The minimum Gasteiger partial charge on any atom is -0.373 e. The van der Waals surface area contributed by atoms with Crippen molar-refractivity contribution in [3.05, 3.63) is 24.3 Å². The van der Waals surface area contributed by atoms with Gasteiger partial charge in [-0.1, -0.05) is 25.0 Å². The van der Waals surface area contributed by atoms with Crippen LogP contribution in [0.2, 0.25) is 0 Å². The zero-order valence-electron chi connectivity index (χ0n) is 9.23. The largest absolute Gasteiger partial charge is 0.373 e. The average Bonchev–Trinajstić information content (AvgIpc) is 2.26. The number of rotatable bonds is 5. The van der Waals surface area contributed by atoms with E-state index in [-0.39, 0.29) is 5.75 Å². The molecular formula is C12H15NO2S. The lowest BCUT2D eigenvalue weighted by Gasteiger charge is -2.10. The first-order chi connectivity index (χ1) is 7.61. The van der Waals surface area contributed by atoms with Gasteiger partial charge >= 0.3 is 0 Å². The van der Waals surface area contributed by atoms with Crippen molar-refractivity contribution in [3.63, 3.8) is 0 Å². The van der Waals surface area contributed by atoms with Gasteiger partial charge in [0.2, 0.25) is 0 Å². The summed E-state index contributed by atoms with van der Waals surface area (Å²) in [4.78, 5) is 0.326. The second-order valence-corrected chi connectivity index (χ2v) is 5.45. The predicted molar refractivity (Wildman–Crippen MR) is 66.1 cm³/mol. The maximum absolute atomic E-state index is 11.9. The molecule has 0 atom stereocenters. The monoisotopic (exact) mass is 237 g/mol. The van der Waals surface area contributed by atoms with Gasteiger partial charge in [-0.25, -0.2) is 8.42 Å². The van der Waals surface area contributed by atoms with Crippen molar-refractivity contribution in [1.82, 2.24) is 0 Å². The van der Waals surface area contributed by atoms with Crippen molar-refractivity contribution in [2.45, 2.75) is 18.2 Å². The topological polar surface area (TPSA) is 46.2 Å². The number of benzene rings is 1. The number of hydrogen-bond acceptors (Lipinski definition) is 3. The molecule has 0 bridgehead atoms. The fourth-order valence-electron chi connectivity index (χ4n) is 1.41. The third kappa shape index (κ3) is 3.01. The summed E-state index contributed by atoms with van der Waals surface area (Å²) >= 11 is 0. The second-order valence-electron chi connectivity index (χ2n) is 3.37. The molecule has 1 aromatic rings. The highest BCUT2D eigenvalue weighted by atomic mass is 32.2. The van der Waals surface area contributed by atoms with E-state index in [1.54, 1.807) is 24.3 Å². The molecule has 0 aliphatic heterocycles. The number of hydrogen-bond donors (Lipinski definition) is 1. The first-order valence-electron chi connectivity index (χ1n) is 5.11. The lowest BCUT2D eigenvalue weighted by Crippen LogP contribution is -2.10. The van der Waals surface area contributed by atoms with Gasteiger partial charge in [0.25, 0.3) is 0 Å². The molecule has 4 heteroatoms. The van der Waals surface area contributed by atoms with E-state index in [2.05, 4.69) is 11.2 Å². The number of terminal acetylenes is 1. The van der Waals surface area contributed by atoms with Gasteiger partial charge in [0.1, 0.15) is 0 Å². The van der Waals surface area contributed by atoms with Crippen LogP contribution in [0.25, 0.3) is 0 Å². The molecule has 16 heavy (non-hydrogen) atoms. The van der Waals surface area contributed by atoms with Crippen LogP contribution < -0.4 is 5.32 Å². The molecule has 0 amide bonds. The van der Waals surface area contributed by atoms with Crippen LogP contribution in [0.5, 0.6) is 0 Å². The lowest BCUT2D eigenvalue weighted by atomic mass is 10.3. The SMILES string of the molecule is C#CCNc1ccccc1S(=O)(=O)CCC. The van der Waals surface area contributed by atoms with Gasteiger partial charge < -0.3 is 5.32 Å². The Morgan fingerprint density at radius 3 is 2.69 bits per heavy atom. The Morgan fingerprint density at radius 1 is 1.38 bits per heavy atom. The van der Waals surface area contributed by atoms with Gasteiger partial charge in [0.15, 0.2) is 9.84 Å². The number of sulfone groups is 1. The van der Waals surface area contributed by atoms with Crippen LogP contribution in [0.15, 0.2) is 29.2 Å². The first kappa shape index (κ1) is 12.6. The third-order valence-electron chi connectivity index (χ3n) is 2.08. The summed E-state index contributed by atoms with van der Waals surface area (Å²) in [6.07, 6.45) is 5.74. The highest BCUT2D eigenvalue weighted by molar-refractivity contribution is 7.91. The van der Waals surface area contributed by atoms with E-state index in [4.69, 9.17) is 6.42 Å². The molecule has 1 aromatic carbocycles. The molecule has 0 aliphatic carbocycles. The van der Waals surface area contributed by atoms with E-state index >= 15 is 0 Å². The van der Waals surface area contributed by atoms with E-state index in [9.17, 15) is 8.42 Å². The van der Waals surface area contributed by atoms with Crippen LogP contribution in [-0.4, -0.2) is 20.7 Å². The molecular weight excluding hydrogens is 222 g/mol. The minimum atomic E-state index is -3.20. The fraction of sp³-hybridized carbons (Fsp3) is 0.333. The van der Waals surface area contributed by atoms with Gasteiger partial charge in [0.05, 0.1) is 22.9 Å². The molecule has 1 N–H and O–H groups in total. The standard InChI is InChI=1S/C12H15NO2S/c1-3-9-13-11-7-5-6-8-12(11)16(14,15)10-4-2/h1,5-8,13H,4,9-10H2,2H3. The van der Waals surface area contributed by atoms with Gasteiger partial charge in [-0.3, -0.25) is 0 Å². The average molecular weight is 237 g/mol. The van der Waals surface area contributed by atoms with Gasteiger partial charge in [-0.2, -0.15) is 0 Å². The van der Waals surface area contributed by atoms with Crippen molar-refractivity contribution in [2.24, 2.45) is 0 Å². The van der Waals surface area contributed by atoms with Crippen LogP contribution >= 0.6 is 0 Å². The maximum Gasteiger partial charge on any atom is 0.180 e. The van der Waals surface area contributed by atoms with Crippen molar-refractivity contribution in [2.75, 3.05) is 17.6 Å². The first-order valence-corrected chi connectivity index (χ1v) is 6.76. The summed E-state index contributed by atoms with van der Waals surface area (Å²) in [5, 5.41) is 2.91. The normalized spacial score (nSPS) is 10.8. The lowest BCUT2D eigenvalue weighted by molar-refractivity contribution is 0.595. The summed E-state index contributed by atoms with van der Waals surface area (Å²) in [6, 6.07) is 6.82. The molecule has 0 aromatic heterocycles. The molecule has 86 valence electrons. The molecule has 0 saturated carbocycles. The third-order valence-corrected chi connectivity index (χ3v) is 4.05. The molecule has 0 heterocycles. The smallest absolute Gasteiger partial charge is 0.180 e. The molecule has 0 radical (unpaired) electrons. The number of nitrogens with one attached hydrogen (secondary N) is 1. The van der Waals surface area contributed by atoms with Crippen LogP contribution in [0, 0.1) is 12.3 Å². The Morgan fingerprint density at radius 2 is 2.06 bits per heavy atom. The Bertz CT molecular complexity index is 486. The van der Waals surface area contributed by atoms with Crippen molar-refractivity contribution in [3.8, 4) is 12.3 Å². The molecule has 3 nitrogen and oxygen atoms in total. The summed E-state index contributed by atoms with van der Waals surface area (Å²) < 4.78 is 23.8. The van der Waals surface area contributed by atoms with E-state index in [1.165, 1.54) is 0 Å². The predicted octanol–water partition coefficient (Wildman–Crippen LogP) is 1.92. The Labute approximate surface area is 96.8 Å². The van der Waals surface area contributed by atoms with Crippen molar-refractivity contribution < 1.29 is 8.42 Å². The van der Waals surface area contributed by atoms with E-state index in [1.807, 2.05) is 6.92 Å². The summed E-state index contributed by atoms with van der Waals surface area (Å²) in [5.41, 5.74) is 0.578. The van der Waals surface area contributed by atoms with Gasteiger partial charge in [0, 0.05) is 0 Å². The Kier molecular flexibility index (Phi) is 4.39. The Hall–Kier alpha value is -1.47. The molecule has 0 saturated heterocycles. The quantitative estimate of drug-likeness (QED) is 0.796. The second kappa shape index (κ2) is 5.57. The minimum absolute atomic E-state index is 0.155. The maximum atomic E-state index is 11.9. The van der Waals surface area contributed by atoms with E-state index < -0.39 is 9.84 Å². The van der Waals surface area contributed by atoms with Crippen molar-refractivity contribution >= 4 is 15.5 Å². The summed E-state index contributed by atoms with van der Waals surface area (Å²) in [7, 11) is -3.20. The number of anilines is 1. The summed E-state index contributed by atoms with van der Waals surface area (Å²) in [5.74, 6) is 2.58. The molecule has 0 aliphatic rings. The summed E-state index contributed by atoms with van der Waals surface area (Å²) in [6.45, 7) is 2.16. The van der Waals surface area contributed by atoms with Crippen LogP contribution in [-0.2, 0) is 9.84 Å². The molecule has 0 spiro atoms. The van der Waals surface area contributed by atoms with Gasteiger partial charge in [-0.05, 0) is 18.6 Å². The highest BCUT2D eigenvalue weighted by Gasteiger charge is 2.16.